The minimum Gasteiger partial charge on any atom is -0.492 e. The molecule has 0 bridgehead atoms. The van der Waals surface area contributed by atoms with E-state index in [2.05, 4.69) is 56.3 Å². The number of hydrogen-bond acceptors (Lipinski definition) is 2. The molecule has 3 aromatic carbocycles. The number of rotatable bonds is 27. The van der Waals surface area contributed by atoms with Crippen molar-refractivity contribution in [2.45, 2.75) is 161 Å². The molecule has 0 unspecified atom stereocenters. The molecule has 2 nitrogen and oxygen atoms in total. The van der Waals surface area contributed by atoms with Gasteiger partial charge in [-0.15, -0.1) is 11.6 Å². The zero-order chi connectivity index (χ0) is 31.1. The molecule has 0 N–H and O–H groups in total. The topological polar surface area (TPSA) is 18.5 Å². The highest BCUT2D eigenvalue weighted by Gasteiger charge is 2.16. The van der Waals surface area contributed by atoms with Gasteiger partial charge in [0, 0.05) is 27.4 Å². The second-order valence-electron chi connectivity index (χ2n) is 13.0. The molecule has 246 valence electrons. The van der Waals surface area contributed by atoms with E-state index in [0.717, 1.165) is 64.7 Å². The van der Waals surface area contributed by atoms with E-state index in [1.807, 2.05) is 0 Å². The maximum Gasteiger partial charge on any atom is 0.135 e. The van der Waals surface area contributed by atoms with Crippen LogP contribution in [0.5, 0.6) is 11.5 Å². The second-order valence-corrected chi connectivity index (χ2v) is 13.3. The van der Waals surface area contributed by atoms with Crippen molar-refractivity contribution in [1.29, 1.82) is 0 Å². The van der Waals surface area contributed by atoms with Crippen LogP contribution in [0.1, 0.15) is 161 Å². The minimum atomic E-state index is 0.496. The van der Waals surface area contributed by atoms with Gasteiger partial charge in [0.15, 0.2) is 0 Å². The quantitative estimate of drug-likeness (QED) is 0.0478. The van der Waals surface area contributed by atoms with Gasteiger partial charge in [0.25, 0.3) is 0 Å². The van der Waals surface area contributed by atoms with Crippen molar-refractivity contribution in [3.8, 4) is 11.5 Å². The van der Waals surface area contributed by atoms with Gasteiger partial charge < -0.3 is 9.47 Å². The van der Waals surface area contributed by atoms with Crippen molar-refractivity contribution in [3.63, 3.8) is 0 Å². The standard InChI is InChI=1S/C41H63ClO2/c1-3-5-7-9-11-13-15-17-19-21-25-31-43-40-36-27-23-24-28-37(36)41(39-33-35(34-42)29-30-38(39)40)44-32-26-22-20-18-16-14-12-10-8-6-4-2/h23-24,27-30,33H,3-22,25-26,31-32,34H2,1-2H3. The van der Waals surface area contributed by atoms with E-state index in [4.69, 9.17) is 21.1 Å². The fourth-order valence-corrected chi connectivity index (χ4v) is 6.59. The van der Waals surface area contributed by atoms with Gasteiger partial charge >= 0.3 is 0 Å². The van der Waals surface area contributed by atoms with E-state index in [1.165, 1.54) is 128 Å². The maximum absolute atomic E-state index is 6.59. The van der Waals surface area contributed by atoms with E-state index in [9.17, 15) is 0 Å². The Labute approximate surface area is 275 Å². The molecule has 0 radical (unpaired) electrons. The summed E-state index contributed by atoms with van der Waals surface area (Å²) in [6.45, 7) is 6.08. The molecule has 0 aromatic heterocycles. The highest BCUT2D eigenvalue weighted by Crippen LogP contribution is 2.43. The molecule has 3 rings (SSSR count). The second kappa shape index (κ2) is 23.4. The lowest BCUT2D eigenvalue weighted by Gasteiger charge is -2.18. The van der Waals surface area contributed by atoms with E-state index in [0.29, 0.717) is 5.88 Å². The molecule has 0 aliphatic carbocycles. The Bertz CT molecular complexity index is 1160. The van der Waals surface area contributed by atoms with E-state index in [-0.39, 0.29) is 0 Å². The SMILES string of the molecule is CCCCCCCCCCCCCOc1c2ccccc2c(OCCCCCCCCCCCCC)c2cc(CCl)ccc12. The Balaban J connectivity index is 1.50. The average molecular weight is 623 g/mol. The van der Waals surface area contributed by atoms with Crippen LogP contribution in [0.3, 0.4) is 0 Å². The number of fused-ring (bicyclic) bond motifs is 2. The fraction of sp³-hybridized carbons (Fsp3) is 0.659. The Morgan fingerprint density at radius 1 is 0.432 bits per heavy atom. The highest BCUT2D eigenvalue weighted by molar-refractivity contribution is 6.17. The summed E-state index contributed by atoms with van der Waals surface area (Å²) in [5, 5.41) is 4.55. The lowest BCUT2D eigenvalue weighted by Crippen LogP contribution is -2.02. The minimum absolute atomic E-state index is 0.496. The van der Waals surface area contributed by atoms with Crippen molar-refractivity contribution in [3.05, 3.63) is 48.0 Å². The molecule has 44 heavy (non-hydrogen) atoms. The summed E-state index contributed by atoms with van der Waals surface area (Å²) in [5.41, 5.74) is 1.12. The number of alkyl halides is 1. The molecule has 3 heteroatoms. The zero-order valence-electron chi connectivity index (χ0n) is 28.4. The third kappa shape index (κ3) is 13.2. The normalized spacial score (nSPS) is 11.5. The summed E-state index contributed by atoms with van der Waals surface area (Å²) in [7, 11) is 0. The van der Waals surface area contributed by atoms with Crippen molar-refractivity contribution >= 4 is 33.1 Å². The van der Waals surface area contributed by atoms with Gasteiger partial charge in [-0.3, -0.25) is 0 Å². The van der Waals surface area contributed by atoms with Gasteiger partial charge in [-0.25, -0.2) is 0 Å². The molecular formula is C41H63ClO2. The first-order valence-electron chi connectivity index (χ1n) is 18.6. The summed E-state index contributed by atoms with van der Waals surface area (Å²) in [6.07, 6.45) is 29.5. The first-order valence-corrected chi connectivity index (χ1v) is 19.1. The zero-order valence-corrected chi connectivity index (χ0v) is 29.2. The molecule has 0 spiro atoms. The summed E-state index contributed by atoms with van der Waals surface area (Å²) < 4.78 is 13.2. The molecule has 0 fully saturated rings. The Kier molecular flexibility index (Phi) is 19.4. The summed E-state index contributed by atoms with van der Waals surface area (Å²) in [4.78, 5) is 0. The van der Waals surface area contributed by atoms with Crippen molar-refractivity contribution < 1.29 is 9.47 Å². The van der Waals surface area contributed by atoms with Crippen LogP contribution in [0.25, 0.3) is 21.5 Å². The average Bonchev–Trinajstić information content (AvgIpc) is 3.05. The number of halogens is 1. The molecule has 0 saturated carbocycles. The number of benzene rings is 3. The maximum atomic E-state index is 6.59. The first-order chi connectivity index (χ1) is 21.8. The molecule has 0 amide bonds. The van der Waals surface area contributed by atoms with E-state index < -0.39 is 0 Å². The van der Waals surface area contributed by atoms with Crippen molar-refractivity contribution in [1.82, 2.24) is 0 Å². The molecule has 0 atom stereocenters. The van der Waals surface area contributed by atoms with Gasteiger partial charge in [0.05, 0.1) is 13.2 Å². The molecule has 3 aromatic rings. The third-order valence-corrected chi connectivity index (χ3v) is 9.44. The van der Waals surface area contributed by atoms with Crippen molar-refractivity contribution in [2.24, 2.45) is 0 Å². The predicted molar refractivity (Wildman–Crippen MR) is 195 cm³/mol. The fourth-order valence-electron chi connectivity index (χ4n) is 6.42. The van der Waals surface area contributed by atoms with Crippen LogP contribution in [0.15, 0.2) is 42.5 Å². The largest absolute Gasteiger partial charge is 0.492 e. The first kappa shape index (κ1) is 36.5. The Morgan fingerprint density at radius 3 is 1.20 bits per heavy atom. The van der Waals surface area contributed by atoms with Gasteiger partial charge in [-0.1, -0.05) is 179 Å². The number of hydrogen-bond donors (Lipinski definition) is 0. The van der Waals surface area contributed by atoms with Gasteiger partial charge in [-0.05, 0) is 24.5 Å². The number of unbranched alkanes of at least 4 members (excludes halogenated alkanes) is 20. The van der Waals surface area contributed by atoms with Crippen LogP contribution in [0.4, 0.5) is 0 Å². The predicted octanol–water partition coefficient (Wildman–Crippen LogP) is 14.1. The third-order valence-electron chi connectivity index (χ3n) is 9.13. The number of ether oxygens (including phenoxy) is 2. The van der Waals surface area contributed by atoms with E-state index in [1.54, 1.807) is 0 Å². The van der Waals surface area contributed by atoms with Crippen LogP contribution in [0.2, 0.25) is 0 Å². The Hall–Kier alpha value is -1.93. The Morgan fingerprint density at radius 2 is 0.795 bits per heavy atom. The summed E-state index contributed by atoms with van der Waals surface area (Å²) in [5.74, 6) is 2.47. The molecular weight excluding hydrogens is 560 g/mol. The molecule has 0 aliphatic rings. The monoisotopic (exact) mass is 622 g/mol. The van der Waals surface area contributed by atoms with E-state index >= 15 is 0 Å². The molecule has 0 heterocycles. The van der Waals surface area contributed by atoms with Crippen LogP contribution in [0, 0.1) is 0 Å². The summed E-state index contributed by atoms with van der Waals surface area (Å²) in [6, 6.07) is 15.1. The van der Waals surface area contributed by atoms with Crippen LogP contribution in [-0.4, -0.2) is 13.2 Å². The highest BCUT2D eigenvalue weighted by atomic mass is 35.5. The van der Waals surface area contributed by atoms with Crippen LogP contribution < -0.4 is 9.47 Å². The van der Waals surface area contributed by atoms with Crippen LogP contribution in [-0.2, 0) is 5.88 Å². The lowest BCUT2D eigenvalue weighted by molar-refractivity contribution is 0.306. The lowest BCUT2D eigenvalue weighted by atomic mass is 9.99. The van der Waals surface area contributed by atoms with Gasteiger partial charge in [0.2, 0.25) is 0 Å². The molecule has 0 aliphatic heterocycles. The smallest absolute Gasteiger partial charge is 0.135 e. The molecule has 0 saturated heterocycles. The van der Waals surface area contributed by atoms with Crippen LogP contribution >= 0.6 is 11.6 Å². The van der Waals surface area contributed by atoms with Crippen molar-refractivity contribution in [2.75, 3.05) is 13.2 Å². The summed E-state index contributed by atoms with van der Waals surface area (Å²) >= 11 is 6.29. The van der Waals surface area contributed by atoms with Gasteiger partial charge in [-0.2, -0.15) is 0 Å². The van der Waals surface area contributed by atoms with Gasteiger partial charge in [0.1, 0.15) is 11.5 Å².